The first-order valence-corrected chi connectivity index (χ1v) is 9.76. The summed E-state index contributed by atoms with van der Waals surface area (Å²) in [6, 6.07) is 13.0. The smallest absolute Gasteiger partial charge is 0.207 e. The summed E-state index contributed by atoms with van der Waals surface area (Å²) in [7, 11) is -3.64. The summed E-state index contributed by atoms with van der Waals surface area (Å²) in [6.45, 7) is 2.52. The lowest BCUT2D eigenvalue weighted by atomic mass is 10.0. The lowest BCUT2D eigenvalue weighted by Crippen LogP contribution is -2.34. The highest BCUT2D eigenvalue weighted by molar-refractivity contribution is 7.89. The maximum Gasteiger partial charge on any atom is 0.243 e. The highest BCUT2D eigenvalue weighted by Crippen LogP contribution is 2.34. The van der Waals surface area contributed by atoms with Gasteiger partial charge in [-0.3, -0.25) is 0 Å². The van der Waals surface area contributed by atoms with Crippen LogP contribution in [0.3, 0.4) is 0 Å². The van der Waals surface area contributed by atoms with Crippen LogP contribution in [0.25, 0.3) is 0 Å². The van der Waals surface area contributed by atoms with Gasteiger partial charge in [-0.15, -0.1) is 0 Å². The van der Waals surface area contributed by atoms with Gasteiger partial charge in [0.15, 0.2) is 0 Å². The van der Waals surface area contributed by atoms with E-state index < -0.39 is 15.8 Å². The largest absolute Gasteiger partial charge is 0.243 e. The zero-order valence-electron chi connectivity index (χ0n) is 13.8. The normalized spacial score (nSPS) is 19.8. The molecule has 1 heterocycles. The Morgan fingerprint density at radius 1 is 0.958 bits per heavy atom. The molecule has 0 spiro atoms. The molecule has 0 saturated carbocycles. The number of aryl methyl sites for hydroxylation is 1. The monoisotopic (exact) mass is 347 g/mol. The molecule has 24 heavy (non-hydrogen) atoms. The molecule has 2 aromatic carbocycles. The Labute approximate surface area is 143 Å². The topological polar surface area (TPSA) is 37.4 Å². The summed E-state index contributed by atoms with van der Waals surface area (Å²) in [5.74, 6) is -0.431. The van der Waals surface area contributed by atoms with E-state index in [-0.39, 0.29) is 10.9 Å². The van der Waals surface area contributed by atoms with Crippen LogP contribution >= 0.6 is 0 Å². The van der Waals surface area contributed by atoms with E-state index in [1.807, 2.05) is 31.2 Å². The van der Waals surface area contributed by atoms with Gasteiger partial charge in [-0.1, -0.05) is 42.7 Å². The van der Waals surface area contributed by atoms with Crippen molar-refractivity contribution in [1.82, 2.24) is 4.31 Å². The van der Waals surface area contributed by atoms with Crippen molar-refractivity contribution in [3.05, 3.63) is 65.5 Å². The van der Waals surface area contributed by atoms with Crippen LogP contribution in [0.5, 0.6) is 0 Å². The average molecular weight is 347 g/mol. The zero-order valence-corrected chi connectivity index (χ0v) is 14.6. The van der Waals surface area contributed by atoms with E-state index in [2.05, 4.69) is 0 Å². The van der Waals surface area contributed by atoms with Crippen molar-refractivity contribution in [2.45, 2.75) is 43.5 Å². The van der Waals surface area contributed by atoms with Gasteiger partial charge in [-0.05, 0) is 49.6 Å². The molecule has 0 radical (unpaired) electrons. The molecule has 1 saturated heterocycles. The fraction of sp³-hybridized carbons (Fsp3) is 0.368. The van der Waals surface area contributed by atoms with Gasteiger partial charge in [0.2, 0.25) is 10.0 Å². The van der Waals surface area contributed by atoms with Gasteiger partial charge >= 0.3 is 0 Å². The van der Waals surface area contributed by atoms with Crippen molar-refractivity contribution in [2.75, 3.05) is 6.54 Å². The van der Waals surface area contributed by atoms with Crippen molar-refractivity contribution in [2.24, 2.45) is 0 Å². The van der Waals surface area contributed by atoms with Crippen LogP contribution in [0.15, 0.2) is 53.4 Å². The first-order valence-electron chi connectivity index (χ1n) is 8.32. The number of nitrogens with zero attached hydrogens (tertiary/aromatic N) is 1. The number of hydrogen-bond donors (Lipinski definition) is 0. The SMILES string of the molecule is Cc1ccc([C@@H]2CCCCCN2S(=O)(=O)c2ccc(F)cc2)cc1. The van der Waals surface area contributed by atoms with Crippen LogP contribution in [-0.4, -0.2) is 19.3 Å². The third-order valence-corrected chi connectivity index (χ3v) is 6.51. The Morgan fingerprint density at radius 3 is 2.29 bits per heavy atom. The van der Waals surface area contributed by atoms with E-state index in [0.29, 0.717) is 6.54 Å². The summed E-state index contributed by atoms with van der Waals surface area (Å²) < 4.78 is 41.0. The van der Waals surface area contributed by atoms with Gasteiger partial charge in [-0.25, -0.2) is 12.8 Å². The fourth-order valence-corrected chi connectivity index (χ4v) is 4.92. The second-order valence-corrected chi connectivity index (χ2v) is 8.24. The highest BCUT2D eigenvalue weighted by atomic mass is 32.2. The molecule has 3 rings (SSSR count). The summed E-state index contributed by atoms with van der Waals surface area (Å²) in [4.78, 5) is 0.155. The second-order valence-electron chi connectivity index (χ2n) is 6.35. The molecule has 2 aromatic rings. The predicted molar refractivity (Wildman–Crippen MR) is 92.7 cm³/mol. The Balaban J connectivity index is 2.00. The molecule has 1 fully saturated rings. The van der Waals surface area contributed by atoms with Gasteiger partial charge in [-0.2, -0.15) is 4.31 Å². The molecule has 1 aliphatic rings. The van der Waals surface area contributed by atoms with E-state index in [9.17, 15) is 12.8 Å². The summed E-state index contributed by atoms with van der Waals surface area (Å²) in [6.07, 6.45) is 3.69. The van der Waals surface area contributed by atoms with Crippen LogP contribution in [0.2, 0.25) is 0 Å². The van der Waals surface area contributed by atoms with Crippen LogP contribution in [-0.2, 0) is 10.0 Å². The molecule has 0 aliphatic carbocycles. The van der Waals surface area contributed by atoms with Crippen molar-refractivity contribution < 1.29 is 12.8 Å². The molecule has 1 aliphatic heterocycles. The van der Waals surface area contributed by atoms with Crippen molar-refractivity contribution >= 4 is 10.0 Å². The molecular weight excluding hydrogens is 325 g/mol. The standard InChI is InChI=1S/C19H22FNO2S/c1-15-6-8-16(9-7-15)19-5-3-2-4-14-21(19)24(22,23)18-12-10-17(20)11-13-18/h6-13,19H,2-5,14H2,1H3/t19-/m0/s1. The summed E-state index contributed by atoms with van der Waals surface area (Å²) in [5.41, 5.74) is 2.17. The Morgan fingerprint density at radius 2 is 1.62 bits per heavy atom. The van der Waals surface area contributed by atoms with Crippen LogP contribution in [0.4, 0.5) is 4.39 Å². The predicted octanol–water partition coefficient (Wildman–Crippen LogP) is 4.44. The van der Waals surface area contributed by atoms with Gasteiger partial charge in [0, 0.05) is 6.54 Å². The van der Waals surface area contributed by atoms with Crippen molar-refractivity contribution in [3.8, 4) is 0 Å². The van der Waals surface area contributed by atoms with E-state index in [4.69, 9.17) is 0 Å². The van der Waals surface area contributed by atoms with E-state index >= 15 is 0 Å². The average Bonchev–Trinajstić information content (AvgIpc) is 2.82. The Hall–Kier alpha value is -1.72. The molecule has 3 nitrogen and oxygen atoms in total. The number of benzene rings is 2. The molecule has 0 bridgehead atoms. The molecule has 0 aromatic heterocycles. The quantitative estimate of drug-likeness (QED) is 0.823. The molecule has 0 N–H and O–H groups in total. The lowest BCUT2D eigenvalue weighted by molar-refractivity contribution is 0.329. The first-order chi connectivity index (χ1) is 11.5. The Kier molecular flexibility index (Phi) is 5.01. The Bertz CT molecular complexity index is 785. The fourth-order valence-electron chi connectivity index (χ4n) is 3.23. The van der Waals surface area contributed by atoms with Gasteiger partial charge in [0.25, 0.3) is 0 Å². The lowest BCUT2D eigenvalue weighted by Gasteiger charge is -2.29. The maximum absolute atomic E-state index is 13.2. The van der Waals surface area contributed by atoms with E-state index in [1.165, 1.54) is 24.3 Å². The number of rotatable bonds is 3. The third-order valence-electron chi connectivity index (χ3n) is 4.59. The minimum atomic E-state index is -3.64. The molecule has 0 unspecified atom stereocenters. The van der Waals surface area contributed by atoms with Crippen molar-refractivity contribution in [3.63, 3.8) is 0 Å². The van der Waals surface area contributed by atoms with E-state index in [1.54, 1.807) is 4.31 Å². The first kappa shape index (κ1) is 17.1. The number of hydrogen-bond acceptors (Lipinski definition) is 2. The van der Waals surface area contributed by atoms with Crippen molar-refractivity contribution in [1.29, 1.82) is 0 Å². The molecule has 1 atom stereocenters. The summed E-state index contributed by atoms with van der Waals surface area (Å²) in [5, 5.41) is 0. The number of halogens is 1. The highest BCUT2D eigenvalue weighted by Gasteiger charge is 2.33. The number of sulfonamides is 1. The van der Waals surface area contributed by atoms with Gasteiger partial charge in [0.05, 0.1) is 10.9 Å². The molecule has 0 amide bonds. The van der Waals surface area contributed by atoms with Crippen LogP contribution in [0.1, 0.15) is 42.9 Å². The molecular formula is C19H22FNO2S. The van der Waals surface area contributed by atoms with E-state index in [0.717, 1.165) is 36.8 Å². The van der Waals surface area contributed by atoms with Crippen LogP contribution in [0, 0.1) is 12.7 Å². The summed E-state index contributed by atoms with van der Waals surface area (Å²) >= 11 is 0. The second kappa shape index (κ2) is 7.03. The third kappa shape index (κ3) is 3.52. The minimum Gasteiger partial charge on any atom is -0.207 e. The molecule has 128 valence electrons. The van der Waals surface area contributed by atoms with Gasteiger partial charge in [0.1, 0.15) is 5.82 Å². The zero-order chi connectivity index (χ0) is 17.2. The van der Waals surface area contributed by atoms with Crippen LogP contribution < -0.4 is 0 Å². The minimum absolute atomic E-state index is 0.155. The van der Waals surface area contributed by atoms with Gasteiger partial charge < -0.3 is 0 Å². The molecule has 5 heteroatoms. The maximum atomic E-state index is 13.2.